The SMILES string of the molecule is C#CCOc1c([N+](=O)[O-])c([N+](=O)[O-])nn1C. The van der Waals surface area contributed by atoms with Crippen molar-refractivity contribution in [2.24, 2.45) is 7.05 Å². The minimum atomic E-state index is -0.957. The normalized spacial score (nSPS) is 9.50. The number of ether oxygens (including phenoxy) is 1. The molecule has 0 spiro atoms. The molecule has 0 fully saturated rings. The quantitative estimate of drug-likeness (QED) is 0.413. The molecule has 0 unspecified atom stereocenters. The van der Waals surface area contributed by atoms with Crippen LogP contribution in [0.25, 0.3) is 0 Å². The van der Waals surface area contributed by atoms with Gasteiger partial charge in [0, 0.05) is 0 Å². The van der Waals surface area contributed by atoms with Gasteiger partial charge in [0.05, 0.1) is 17.1 Å². The van der Waals surface area contributed by atoms with Crippen LogP contribution in [-0.2, 0) is 7.05 Å². The van der Waals surface area contributed by atoms with Crippen LogP contribution >= 0.6 is 0 Å². The number of hydrogen-bond donors (Lipinski definition) is 0. The lowest BCUT2D eigenvalue weighted by Crippen LogP contribution is -2.02. The van der Waals surface area contributed by atoms with E-state index in [1.165, 1.54) is 7.05 Å². The van der Waals surface area contributed by atoms with Crippen LogP contribution in [0.4, 0.5) is 11.5 Å². The lowest BCUT2D eigenvalue weighted by atomic mass is 10.5. The van der Waals surface area contributed by atoms with Crippen LogP contribution in [0.3, 0.4) is 0 Å². The molecule has 0 aliphatic rings. The van der Waals surface area contributed by atoms with Crippen LogP contribution in [0.15, 0.2) is 0 Å². The smallest absolute Gasteiger partial charge is 0.458 e. The van der Waals surface area contributed by atoms with Crippen molar-refractivity contribution < 1.29 is 14.6 Å². The van der Waals surface area contributed by atoms with E-state index < -0.39 is 21.4 Å². The summed E-state index contributed by atoms with van der Waals surface area (Å²) < 4.78 is 5.72. The fourth-order valence-electron chi connectivity index (χ4n) is 1.04. The number of nitrogens with zero attached hydrogens (tertiary/aromatic N) is 4. The first-order valence-electron chi connectivity index (χ1n) is 3.91. The number of nitro groups is 2. The van der Waals surface area contributed by atoms with Crippen molar-refractivity contribution >= 4 is 11.5 Å². The molecule has 0 aliphatic carbocycles. The van der Waals surface area contributed by atoms with E-state index in [1.54, 1.807) is 0 Å². The van der Waals surface area contributed by atoms with E-state index in [0.717, 1.165) is 4.68 Å². The molecule has 0 radical (unpaired) electrons. The van der Waals surface area contributed by atoms with Crippen molar-refractivity contribution in [2.75, 3.05) is 6.61 Å². The molecule has 1 aromatic rings. The Labute approximate surface area is 88.9 Å². The largest absolute Gasteiger partial charge is 0.472 e. The van der Waals surface area contributed by atoms with Crippen LogP contribution < -0.4 is 4.74 Å². The highest BCUT2D eigenvalue weighted by Gasteiger charge is 2.38. The molecular weight excluding hydrogens is 220 g/mol. The zero-order valence-corrected chi connectivity index (χ0v) is 8.11. The third-order valence-electron chi connectivity index (χ3n) is 1.60. The molecule has 0 saturated carbocycles. The molecule has 84 valence electrons. The standard InChI is InChI=1S/C7H6N4O5/c1-3-4-16-7-5(10(12)13)6(11(14)15)8-9(7)2/h1H,4H2,2H3. The van der Waals surface area contributed by atoms with Gasteiger partial charge in [-0.05, 0) is 4.92 Å². The Morgan fingerprint density at radius 3 is 2.56 bits per heavy atom. The van der Waals surface area contributed by atoms with Crippen LogP contribution in [0.5, 0.6) is 5.88 Å². The number of terminal acetylenes is 1. The van der Waals surface area contributed by atoms with E-state index in [-0.39, 0.29) is 12.5 Å². The maximum Gasteiger partial charge on any atom is 0.472 e. The molecule has 0 atom stereocenters. The van der Waals surface area contributed by atoms with Gasteiger partial charge in [-0.3, -0.25) is 10.1 Å². The molecule has 0 bridgehead atoms. The second-order valence-corrected chi connectivity index (χ2v) is 2.61. The van der Waals surface area contributed by atoms with Gasteiger partial charge < -0.3 is 14.9 Å². The van der Waals surface area contributed by atoms with E-state index in [0.29, 0.717) is 0 Å². The van der Waals surface area contributed by atoms with E-state index in [2.05, 4.69) is 11.0 Å². The summed E-state index contributed by atoms with van der Waals surface area (Å²) in [7, 11) is 1.28. The Hall–Kier alpha value is -2.63. The number of aromatic nitrogens is 2. The van der Waals surface area contributed by atoms with Crippen molar-refractivity contribution in [1.82, 2.24) is 9.78 Å². The van der Waals surface area contributed by atoms with Gasteiger partial charge in [-0.25, -0.2) is 0 Å². The van der Waals surface area contributed by atoms with Crippen LogP contribution in [0.2, 0.25) is 0 Å². The van der Waals surface area contributed by atoms with Crippen molar-refractivity contribution in [3.8, 4) is 18.2 Å². The minimum Gasteiger partial charge on any atom is -0.458 e. The fourth-order valence-corrected chi connectivity index (χ4v) is 1.04. The fraction of sp³-hybridized carbons (Fsp3) is 0.286. The van der Waals surface area contributed by atoms with Gasteiger partial charge in [0.15, 0.2) is 6.61 Å². The molecule has 0 amide bonds. The van der Waals surface area contributed by atoms with Crippen molar-refractivity contribution in [2.45, 2.75) is 0 Å². The molecule has 0 aromatic carbocycles. The van der Waals surface area contributed by atoms with Gasteiger partial charge in [0.2, 0.25) is 0 Å². The zero-order valence-electron chi connectivity index (χ0n) is 8.11. The summed E-state index contributed by atoms with van der Waals surface area (Å²) in [6.07, 6.45) is 4.91. The molecule has 9 heteroatoms. The van der Waals surface area contributed by atoms with E-state index in [1.807, 2.05) is 0 Å². The summed E-state index contributed by atoms with van der Waals surface area (Å²) >= 11 is 0. The van der Waals surface area contributed by atoms with Gasteiger partial charge in [-0.1, -0.05) is 5.92 Å². The highest BCUT2D eigenvalue weighted by atomic mass is 16.6. The van der Waals surface area contributed by atoms with Gasteiger partial charge in [0.1, 0.15) is 0 Å². The second kappa shape index (κ2) is 4.26. The Balaban J connectivity index is 3.31. The summed E-state index contributed by atoms with van der Waals surface area (Å²) in [4.78, 5) is 19.2. The second-order valence-electron chi connectivity index (χ2n) is 2.61. The minimum absolute atomic E-state index is 0.239. The molecule has 9 nitrogen and oxygen atoms in total. The Morgan fingerprint density at radius 1 is 1.50 bits per heavy atom. The maximum absolute atomic E-state index is 10.6. The van der Waals surface area contributed by atoms with Gasteiger partial charge in [-0.15, -0.1) is 11.1 Å². The van der Waals surface area contributed by atoms with Crippen molar-refractivity contribution in [3.05, 3.63) is 20.2 Å². The lowest BCUT2D eigenvalue weighted by Gasteiger charge is -1.97. The summed E-state index contributed by atoms with van der Waals surface area (Å²) in [6, 6.07) is 0. The molecule has 0 saturated heterocycles. The predicted molar refractivity (Wildman–Crippen MR) is 50.8 cm³/mol. The summed E-state index contributed by atoms with van der Waals surface area (Å²) in [5.74, 6) is 0.879. The Kier molecular flexibility index (Phi) is 3.05. The number of rotatable bonds is 4. The van der Waals surface area contributed by atoms with Crippen molar-refractivity contribution in [1.29, 1.82) is 0 Å². The van der Waals surface area contributed by atoms with Gasteiger partial charge in [-0.2, -0.15) is 0 Å². The molecular formula is C7H6N4O5. The van der Waals surface area contributed by atoms with E-state index in [4.69, 9.17) is 11.2 Å². The molecule has 1 heterocycles. The third kappa shape index (κ3) is 1.90. The van der Waals surface area contributed by atoms with Gasteiger partial charge >= 0.3 is 17.4 Å². The third-order valence-corrected chi connectivity index (χ3v) is 1.60. The molecule has 0 N–H and O–H groups in total. The molecule has 1 rings (SSSR count). The zero-order chi connectivity index (χ0) is 12.3. The van der Waals surface area contributed by atoms with Gasteiger partial charge in [0.25, 0.3) is 0 Å². The lowest BCUT2D eigenvalue weighted by molar-refractivity contribution is -0.425. The predicted octanol–water partition coefficient (Wildman–Crippen LogP) is 0.248. The first-order valence-corrected chi connectivity index (χ1v) is 3.91. The highest BCUT2D eigenvalue weighted by molar-refractivity contribution is 5.55. The van der Waals surface area contributed by atoms with Crippen LogP contribution in [0, 0.1) is 32.6 Å². The summed E-state index contributed by atoms with van der Waals surface area (Å²) in [5, 5.41) is 24.5. The topological polar surface area (TPSA) is 113 Å². The Bertz CT molecular complexity index is 486. The van der Waals surface area contributed by atoms with E-state index >= 15 is 0 Å². The summed E-state index contributed by atoms with van der Waals surface area (Å²) in [5.41, 5.74) is -0.803. The average Bonchev–Trinajstić information content (AvgIpc) is 2.52. The summed E-state index contributed by atoms with van der Waals surface area (Å²) in [6.45, 7) is -0.239. The maximum atomic E-state index is 10.6. The number of aryl methyl sites for hydroxylation is 1. The Morgan fingerprint density at radius 2 is 2.12 bits per heavy atom. The van der Waals surface area contributed by atoms with Crippen LogP contribution in [-0.4, -0.2) is 26.2 Å². The monoisotopic (exact) mass is 226 g/mol. The van der Waals surface area contributed by atoms with Crippen molar-refractivity contribution in [3.63, 3.8) is 0 Å². The molecule has 0 aliphatic heterocycles. The first kappa shape index (κ1) is 11.4. The number of hydrogen-bond acceptors (Lipinski definition) is 6. The molecule has 16 heavy (non-hydrogen) atoms. The highest BCUT2D eigenvalue weighted by Crippen LogP contribution is 2.35. The molecule has 1 aromatic heterocycles. The first-order chi connectivity index (χ1) is 7.49. The van der Waals surface area contributed by atoms with E-state index in [9.17, 15) is 20.2 Å². The van der Waals surface area contributed by atoms with Crippen LogP contribution in [0.1, 0.15) is 0 Å². The average molecular weight is 226 g/mol.